The van der Waals surface area contributed by atoms with Gasteiger partial charge in [0.2, 0.25) is 0 Å². The van der Waals surface area contributed by atoms with E-state index < -0.39 is 0 Å². The fourth-order valence-electron chi connectivity index (χ4n) is 2.55. The van der Waals surface area contributed by atoms with Crippen LogP contribution in [0.3, 0.4) is 0 Å². The van der Waals surface area contributed by atoms with Gasteiger partial charge in [0.05, 0.1) is 18.0 Å². The number of aromatic nitrogens is 1. The maximum absolute atomic E-state index is 9.48. The minimum absolute atomic E-state index is 0.0836. The summed E-state index contributed by atoms with van der Waals surface area (Å²) in [5.74, 6) is 0. The lowest BCUT2D eigenvalue weighted by atomic mass is 10.1. The minimum atomic E-state index is 0.0836. The van der Waals surface area contributed by atoms with Crippen molar-refractivity contribution in [1.82, 2.24) is 4.57 Å². The molecule has 5 heteroatoms. The first-order valence-electron chi connectivity index (χ1n) is 7.76. The number of halogens is 1. The zero-order valence-corrected chi connectivity index (χ0v) is 16.1. The summed E-state index contributed by atoms with van der Waals surface area (Å²) in [6.45, 7) is 4.80. The number of nitrogens with zero attached hydrogens (tertiary/aromatic N) is 2. The van der Waals surface area contributed by atoms with Gasteiger partial charge in [-0.25, -0.2) is 4.99 Å². The standard InChI is InChI=1S/C19H19BrN2OS/c1-13-4-3-5-17(14(13)2)21-19-22(10-11-23)18(12-24-19)15-6-8-16(20)9-7-15/h3-9,12,23H,10-11H2,1-2H3. The maximum atomic E-state index is 9.48. The number of thiazole rings is 1. The van der Waals surface area contributed by atoms with Gasteiger partial charge in [-0.15, -0.1) is 11.3 Å². The van der Waals surface area contributed by atoms with Crippen molar-refractivity contribution < 1.29 is 5.11 Å². The van der Waals surface area contributed by atoms with Crippen LogP contribution in [0.2, 0.25) is 0 Å². The van der Waals surface area contributed by atoms with E-state index in [9.17, 15) is 5.11 Å². The highest BCUT2D eigenvalue weighted by molar-refractivity contribution is 9.10. The molecule has 0 amide bonds. The van der Waals surface area contributed by atoms with Crippen molar-refractivity contribution in [3.8, 4) is 11.3 Å². The lowest BCUT2D eigenvalue weighted by Gasteiger charge is -2.08. The predicted octanol–water partition coefficient (Wildman–Crippen LogP) is 4.82. The average molecular weight is 403 g/mol. The summed E-state index contributed by atoms with van der Waals surface area (Å²) >= 11 is 5.07. The van der Waals surface area contributed by atoms with Crippen molar-refractivity contribution in [2.24, 2.45) is 4.99 Å². The Kier molecular flexibility index (Phi) is 5.33. The van der Waals surface area contributed by atoms with E-state index in [0.29, 0.717) is 6.54 Å². The highest BCUT2D eigenvalue weighted by atomic mass is 79.9. The summed E-state index contributed by atoms with van der Waals surface area (Å²) < 4.78 is 3.13. The summed E-state index contributed by atoms with van der Waals surface area (Å²) in [6.07, 6.45) is 0. The van der Waals surface area contributed by atoms with Gasteiger partial charge in [-0.3, -0.25) is 0 Å². The number of aryl methyl sites for hydroxylation is 1. The van der Waals surface area contributed by atoms with E-state index in [1.54, 1.807) is 11.3 Å². The van der Waals surface area contributed by atoms with Crippen LogP contribution in [0, 0.1) is 13.8 Å². The Morgan fingerprint density at radius 3 is 2.58 bits per heavy atom. The zero-order valence-electron chi connectivity index (χ0n) is 13.7. The first kappa shape index (κ1) is 17.1. The van der Waals surface area contributed by atoms with Crippen LogP contribution in [0.5, 0.6) is 0 Å². The number of hydrogen-bond acceptors (Lipinski definition) is 3. The van der Waals surface area contributed by atoms with Gasteiger partial charge >= 0.3 is 0 Å². The molecule has 3 aromatic rings. The largest absolute Gasteiger partial charge is 0.395 e. The number of hydrogen-bond donors (Lipinski definition) is 1. The monoisotopic (exact) mass is 402 g/mol. The highest BCUT2D eigenvalue weighted by Crippen LogP contribution is 2.24. The average Bonchev–Trinajstić information content (AvgIpc) is 2.96. The normalized spacial score (nSPS) is 11.9. The number of benzene rings is 2. The molecule has 0 spiro atoms. The van der Waals surface area contributed by atoms with Crippen molar-refractivity contribution in [2.75, 3.05) is 6.61 Å². The first-order valence-corrected chi connectivity index (χ1v) is 9.43. The number of rotatable bonds is 4. The van der Waals surface area contributed by atoms with Crippen LogP contribution in [-0.2, 0) is 6.54 Å². The van der Waals surface area contributed by atoms with Crippen molar-refractivity contribution in [3.05, 3.63) is 68.2 Å². The Hall–Kier alpha value is -1.69. The topological polar surface area (TPSA) is 37.5 Å². The third kappa shape index (κ3) is 3.53. The maximum Gasteiger partial charge on any atom is 0.190 e. The van der Waals surface area contributed by atoms with E-state index in [1.807, 2.05) is 24.3 Å². The molecule has 3 nitrogen and oxygen atoms in total. The lowest BCUT2D eigenvalue weighted by molar-refractivity contribution is 0.275. The fraction of sp³-hybridized carbons (Fsp3) is 0.211. The van der Waals surface area contributed by atoms with Gasteiger partial charge in [0, 0.05) is 16.4 Å². The second-order valence-corrected chi connectivity index (χ2v) is 7.37. The van der Waals surface area contributed by atoms with E-state index in [1.165, 1.54) is 11.1 Å². The van der Waals surface area contributed by atoms with Gasteiger partial charge in [0.15, 0.2) is 4.80 Å². The molecule has 0 bridgehead atoms. The third-order valence-electron chi connectivity index (χ3n) is 4.05. The van der Waals surface area contributed by atoms with Crippen LogP contribution in [-0.4, -0.2) is 16.3 Å². The van der Waals surface area contributed by atoms with Crippen LogP contribution in [0.15, 0.2) is 57.3 Å². The van der Waals surface area contributed by atoms with Crippen molar-refractivity contribution in [2.45, 2.75) is 20.4 Å². The molecule has 1 N–H and O–H groups in total. The third-order valence-corrected chi connectivity index (χ3v) is 5.45. The molecule has 0 atom stereocenters. The quantitative estimate of drug-likeness (QED) is 0.666. The molecular weight excluding hydrogens is 384 g/mol. The van der Waals surface area contributed by atoms with Gasteiger partial charge < -0.3 is 9.67 Å². The van der Waals surface area contributed by atoms with E-state index in [2.05, 4.69) is 57.9 Å². The Morgan fingerprint density at radius 2 is 1.88 bits per heavy atom. The van der Waals surface area contributed by atoms with Crippen LogP contribution in [0.1, 0.15) is 11.1 Å². The molecule has 24 heavy (non-hydrogen) atoms. The fourth-order valence-corrected chi connectivity index (χ4v) is 3.76. The van der Waals surface area contributed by atoms with Crippen LogP contribution in [0.4, 0.5) is 5.69 Å². The van der Waals surface area contributed by atoms with Crippen molar-refractivity contribution >= 4 is 33.0 Å². The molecule has 0 aliphatic carbocycles. The van der Waals surface area contributed by atoms with Gasteiger partial charge in [-0.1, -0.05) is 40.2 Å². The van der Waals surface area contributed by atoms with Crippen molar-refractivity contribution in [1.29, 1.82) is 0 Å². The molecule has 1 heterocycles. The number of aliphatic hydroxyl groups excluding tert-OH is 1. The molecular formula is C19H19BrN2OS. The molecule has 0 saturated heterocycles. The van der Waals surface area contributed by atoms with Gasteiger partial charge in [0.25, 0.3) is 0 Å². The van der Waals surface area contributed by atoms with E-state index >= 15 is 0 Å². The predicted molar refractivity (Wildman–Crippen MR) is 104 cm³/mol. The zero-order chi connectivity index (χ0) is 17.1. The number of aliphatic hydroxyl groups is 1. The second-order valence-electron chi connectivity index (χ2n) is 5.62. The molecule has 124 valence electrons. The van der Waals surface area contributed by atoms with Gasteiger partial charge in [-0.2, -0.15) is 0 Å². The lowest BCUT2D eigenvalue weighted by Crippen LogP contribution is -2.18. The minimum Gasteiger partial charge on any atom is -0.395 e. The Bertz CT molecular complexity index is 910. The van der Waals surface area contributed by atoms with E-state index in [-0.39, 0.29) is 6.61 Å². The van der Waals surface area contributed by atoms with Crippen LogP contribution in [0.25, 0.3) is 11.3 Å². The summed E-state index contributed by atoms with van der Waals surface area (Å²) in [4.78, 5) is 5.74. The van der Waals surface area contributed by atoms with E-state index in [0.717, 1.165) is 26.2 Å². The molecule has 1 aromatic heterocycles. The molecule has 0 aliphatic rings. The summed E-state index contributed by atoms with van der Waals surface area (Å²) in [5, 5.41) is 11.6. The van der Waals surface area contributed by atoms with Gasteiger partial charge in [-0.05, 0) is 48.7 Å². The van der Waals surface area contributed by atoms with Crippen LogP contribution < -0.4 is 4.80 Å². The molecule has 0 fully saturated rings. The molecule has 0 unspecified atom stereocenters. The Balaban J connectivity index is 2.14. The summed E-state index contributed by atoms with van der Waals surface area (Å²) in [6, 6.07) is 14.3. The molecule has 3 rings (SSSR count). The molecule has 0 radical (unpaired) electrons. The summed E-state index contributed by atoms with van der Waals surface area (Å²) in [5.41, 5.74) is 5.59. The SMILES string of the molecule is Cc1cccc(N=c2scc(-c3ccc(Br)cc3)n2CCO)c1C. The second kappa shape index (κ2) is 7.47. The molecule has 2 aromatic carbocycles. The van der Waals surface area contributed by atoms with Crippen LogP contribution >= 0.6 is 27.3 Å². The van der Waals surface area contributed by atoms with E-state index in [4.69, 9.17) is 4.99 Å². The summed E-state index contributed by atoms with van der Waals surface area (Å²) in [7, 11) is 0. The first-order chi connectivity index (χ1) is 11.6. The Morgan fingerprint density at radius 1 is 1.12 bits per heavy atom. The molecule has 0 saturated carbocycles. The highest BCUT2D eigenvalue weighted by Gasteiger charge is 2.08. The molecule has 0 aliphatic heterocycles. The van der Waals surface area contributed by atoms with Crippen molar-refractivity contribution in [3.63, 3.8) is 0 Å². The Labute approximate surface area is 154 Å². The van der Waals surface area contributed by atoms with Gasteiger partial charge in [0.1, 0.15) is 0 Å². The smallest absolute Gasteiger partial charge is 0.190 e.